The van der Waals surface area contributed by atoms with Gasteiger partial charge in [0.2, 0.25) is 5.91 Å². The summed E-state index contributed by atoms with van der Waals surface area (Å²) in [5, 5.41) is 3.07. The minimum atomic E-state index is -0.333. The third kappa shape index (κ3) is 3.49. The fourth-order valence-corrected chi connectivity index (χ4v) is 2.21. The van der Waals surface area contributed by atoms with Crippen molar-refractivity contribution in [3.05, 3.63) is 29.3 Å². The molecule has 1 aromatic carbocycles. The molecule has 0 fully saturated rings. The first-order valence-electron chi connectivity index (χ1n) is 6.92. The highest BCUT2D eigenvalue weighted by molar-refractivity contribution is 5.81. The summed E-state index contributed by atoms with van der Waals surface area (Å²) >= 11 is 0. The lowest BCUT2D eigenvalue weighted by Crippen LogP contribution is -2.41. The molecule has 1 aliphatic rings. The van der Waals surface area contributed by atoms with Crippen LogP contribution in [0.25, 0.3) is 0 Å². The standard InChI is InChI=1S/C16H23NO2/c1-11(17-15(18)16(2,3)4)9-12-5-6-14-13(10-12)7-8-19-14/h5-6,10-11H,7-9H2,1-4H3,(H,17,18). The zero-order valence-electron chi connectivity index (χ0n) is 12.2. The van der Waals surface area contributed by atoms with Crippen LogP contribution in [0.5, 0.6) is 5.75 Å². The average Bonchev–Trinajstić information content (AvgIpc) is 2.74. The van der Waals surface area contributed by atoms with E-state index in [1.165, 1.54) is 11.1 Å². The van der Waals surface area contributed by atoms with Crippen molar-refractivity contribution >= 4 is 5.91 Å². The number of ether oxygens (including phenoxy) is 1. The Kier molecular flexibility index (Phi) is 3.83. The summed E-state index contributed by atoms with van der Waals surface area (Å²) in [6.45, 7) is 8.63. The second-order valence-electron chi connectivity index (χ2n) is 6.37. The second-order valence-corrected chi connectivity index (χ2v) is 6.37. The first kappa shape index (κ1) is 13.9. The summed E-state index contributed by atoms with van der Waals surface area (Å²) in [6, 6.07) is 6.47. The third-order valence-electron chi connectivity index (χ3n) is 3.35. The van der Waals surface area contributed by atoms with Gasteiger partial charge in [-0.1, -0.05) is 32.9 Å². The first-order chi connectivity index (χ1) is 8.86. The van der Waals surface area contributed by atoms with E-state index in [1.54, 1.807) is 0 Å². The molecule has 1 aliphatic heterocycles. The summed E-state index contributed by atoms with van der Waals surface area (Å²) in [5.74, 6) is 1.11. The molecule has 19 heavy (non-hydrogen) atoms. The summed E-state index contributed by atoms with van der Waals surface area (Å²) in [6.07, 6.45) is 1.85. The SMILES string of the molecule is CC(Cc1ccc2c(c1)CCO2)NC(=O)C(C)(C)C. The number of rotatable bonds is 3. The molecule has 0 aliphatic carbocycles. The molecule has 3 nitrogen and oxygen atoms in total. The summed E-state index contributed by atoms with van der Waals surface area (Å²) in [4.78, 5) is 11.9. The van der Waals surface area contributed by atoms with E-state index in [4.69, 9.17) is 4.74 Å². The van der Waals surface area contributed by atoms with Crippen molar-refractivity contribution in [1.29, 1.82) is 0 Å². The molecule has 1 aromatic rings. The Morgan fingerprint density at radius 1 is 1.42 bits per heavy atom. The molecule has 0 radical (unpaired) electrons. The van der Waals surface area contributed by atoms with Gasteiger partial charge < -0.3 is 10.1 Å². The van der Waals surface area contributed by atoms with Gasteiger partial charge in [0, 0.05) is 17.9 Å². The average molecular weight is 261 g/mol. The lowest BCUT2D eigenvalue weighted by atomic mass is 9.94. The largest absolute Gasteiger partial charge is 0.493 e. The smallest absolute Gasteiger partial charge is 0.225 e. The van der Waals surface area contributed by atoms with E-state index in [9.17, 15) is 4.79 Å². The van der Waals surface area contributed by atoms with Crippen LogP contribution in [-0.2, 0) is 17.6 Å². The van der Waals surface area contributed by atoms with E-state index < -0.39 is 0 Å². The van der Waals surface area contributed by atoms with Crippen molar-refractivity contribution in [3.8, 4) is 5.75 Å². The van der Waals surface area contributed by atoms with Gasteiger partial charge >= 0.3 is 0 Å². The van der Waals surface area contributed by atoms with Crippen LogP contribution < -0.4 is 10.1 Å². The number of amides is 1. The van der Waals surface area contributed by atoms with Crippen LogP contribution in [0.3, 0.4) is 0 Å². The third-order valence-corrected chi connectivity index (χ3v) is 3.35. The summed E-state index contributed by atoms with van der Waals surface area (Å²) < 4.78 is 5.50. The Morgan fingerprint density at radius 2 is 2.16 bits per heavy atom. The molecule has 1 heterocycles. The second kappa shape index (κ2) is 5.24. The van der Waals surface area contributed by atoms with E-state index in [0.29, 0.717) is 0 Å². The van der Waals surface area contributed by atoms with Gasteiger partial charge in [0.1, 0.15) is 5.75 Å². The van der Waals surface area contributed by atoms with Crippen molar-refractivity contribution in [2.45, 2.75) is 46.6 Å². The van der Waals surface area contributed by atoms with Gasteiger partial charge in [-0.3, -0.25) is 4.79 Å². The van der Waals surface area contributed by atoms with Crippen LogP contribution in [0.15, 0.2) is 18.2 Å². The molecule has 2 rings (SSSR count). The maximum Gasteiger partial charge on any atom is 0.225 e. The Morgan fingerprint density at radius 3 is 2.84 bits per heavy atom. The molecular formula is C16H23NO2. The molecule has 0 bridgehead atoms. The fourth-order valence-electron chi connectivity index (χ4n) is 2.21. The number of nitrogens with one attached hydrogen (secondary N) is 1. The number of carbonyl (C=O) groups excluding carboxylic acids is 1. The highest BCUT2D eigenvalue weighted by Gasteiger charge is 2.22. The molecule has 1 unspecified atom stereocenters. The number of benzene rings is 1. The van der Waals surface area contributed by atoms with Gasteiger partial charge in [-0.15, -0.1) is 0 Å². The minimum absolute atomic E-state index is 0.101. The van der Waals surface area contributed by atoms with Crippen molar-refractivity contribution in [2.24, 2.45) is 5.41 Å². The molecule has 0 saturated heterocycles. The topological polar surface area (TPSA) is 38.3 Å². The van der Waals surface area contributed by atoms with Crippen LogP contribution in [0, 0.1) is 5.41 Å². The van der Waals surface area contributed by atoms with Crippen LogP contribution in [-0.4, -0.2) is 18.6 Å². The summed E-state index contributed by atoms with van der Waals surface area (Å²) in [7, 11) is 0. The normalized spacial score (nSPS) is 15.6. The Bertz CT molecular complexity index is 474. The molecule has 1 N–H and O–H groups in total. The predicted molar refractivity (Wildman–Crippen MR) is 76.4 cm³/mol. The van der Waals surface area contributed by atoms with Crippen molar-refractivity contribution < 1.29 is 9.53 Å². The molecule has 0 aromatic heterocycles. The maximum atomic E-state index is 11.9. The molecule has 0 spiro atoms. The Hall–Kier alpha value is -1.51. The van der Waals surface area contributed by atoms with E-state index in [1.807, 2.05) is 33.8 Å². The van der Waals surface area contributed by atoms with Crippen LogP contribution >= 0.6 is 0 Å². The van der Waals surface area contributed by atoms with E-state index in [-0.39, 0.29) is 17.4 Å². The lowest BCUT2D eigenvalue weighted by Gasteiger charge is -2.22. The zero-order chi connectivity index (χ0) is 14.0. The van der Waals surface area contributed by atoms with Gasteiger partial charge in [0.15, 0.2) is 0 Å². The number of fused-ring (bicyclic) bond motifs is 1. The Labute approximate surface area is 115 Å². The van der Waals surface area contributed by atoms with Gasteiger partial charge in [-0.05, 0) is 30.5 Å². The van der Waals surface area contributed by atoms with Crippen LogP contribution in [0.2, 0.25) is 0 Å². The van der Waals surface area contributed by atoms with Crippen molar-refractivity contribution in [2.75, 3.05) is 6.61 Å². The quantitative estimate of drug-likeness (QED) is 0.908. The highest BCUT2D eigenvalue weighted by atomic mass is 16.5. The molecule has 1 atom stereocenters. The van der Waals surface area contributed by atoms with Gasteiger partial charge in [-0.25, -0.2) is 0 Å². The van der Waals surface area contributed by atoms with E-state index in [2.05, 4.69) is 17.4 Å². The van der Waals surface area contributed by atoms with E-state index in [0.717, 1.165) is 25.2 Å². The fraction of sp³-hybridized carbons (Fsp3) is 0.562. The molecule has 104 valence electrons. The minimum Gasteiger partial charge on any atom is -0.493 e. The van der Waals surface area contributed by atoms with E-state index >= 15 is 0 Å². The monoisotopic (exact) mass is 261 g/mol. The first-order valence-corrected chi connectivity index (χ1v) is 6.92. The number of carbonyl (C=O) groups is 1. The molecule has 0 saturated carbocycles. The highest BCUT2D eigenvalue weighted by Crippen LogP contribution is 2.26. The lowest BCUT2D eigenvalue weighted by molar-refractivity contribution is -0.129. The van der Waals surface area contributed by atoms with Crippen LogP contribution in [0.4, 0.5) is 0 Å². The number of hydrogen-bond donors (Lipinski definition) is 1. The van der Waals surface area contributed by atoms with Crippen LogP contribution in [0.1, 0.15) is 38.8 Å². The van der Waals surface area contributed by atoms with Crippen molar-refractivity contribution in [1.82, 2.24) is 5.32 Å². The Balaban J connectivity index is 1.96. The van der Waals surface area contributed by atoms with Gasteiger partial charge in [-0.2, -0.15) is 0 Å². The van der Waals surface area contributed by atoms with Gasteiger partial charge in [0.05, 0.1) is 6.61 Å². The summed E-state index contributed by atoms with van der Waals surface area (Å²) in [5.41, 5.74) is 2.21. The van der Waals surface area contributed by atoms with Crippen molar-refractivity contribution in [3.63, 3.8) is 0 Å². The molecular weight excluding hydrogens is 238 g/mol. The maximum absolute atomic E-state index is 11.9. The molecule has 3 heteroatoms. The molecule has 1 amide bonds. The predicted octanol–water partition coefficient (Wildman–Crippen LogP) is 2.71. The zero-order valence-corrected chi connectivity index (χ0v) is 12.2. The van der Waals surface area contributed by atoms with Gasteiger partial charge in [0.25, 0.3) is 0 Å². The number of hydrogen-bond acceptors (Lipinski definition) is 2.